The molecule has 0 aliphatic heterocycles. The topological polar surface area (TPSA) is 61.4 Å². The lowest BCUT2D eigenvalue weighted by molar-refractivity contribution is 0.0949. The molecule has 2 rings (SSSR count). The van der Waals surface area contributed by atoms with Crippen LogP contribution in [0.25, 0.3) is 0 Å². The smallest absolute Gasteiger partial charge is 0.255 e. The Labute approximate surface area is 156 Å². The third kappa shape index (κ3) is 5.74. The molecule has 2 aromatic rings. The second-order valence-corrected chi connectivity index (χ2v) is 6.53. The van der Waals surface area contributed by atoms with Crippen LogP contribution in [0.3, 0.4) is 0 Å². The zero-order chi connectivity index (χ0) is 18.4. The number of halogens is 2. The number of carbonyl (C=O) groups excluding carboxylic acids is 2. The lowest BCUT2D eigenvalue weighted by Crippen LogP contribution is -2.31. The van der Waals surface area contributed by atoms with Crippen LogP contribution in [0.4, 0.5) is 5.69 Å². The Bertz CT molecular complexity index is 761. The van der Waals surface area contributed by atoms with Crippen LogP contribution in [-0.4, -0.2) is 43.9 Å². The van der Waals surface area contributed by atoms with E-state index in [9.17, 15) is 9.59 Å². The van der Waals surface area contributed by atoms with E-state index in [1.54, 1.807) is 42.5 Å². The number of benzene rings is 2. The standard InChI is InChI=1S/C18H19Cl2N3O2/c1-23(2)10-9-21-17(24)12-3-5-13(6-4-12)18(25)22-14-7-8-15(19)16(20)11-14/h3-8,11H,9-10H2,1-2H3,(H,21,24)(H,22,25). The molecule has 25 heavy (non-hydrogen) atoms. The summed E-state index contributed by atoms with van der Waals surface area (Å²) in [4.78, 5) is 26.2. The maximum Gasteiger partial charge on any atom is 0.255 e. The summed E-state index contributed by atoms with van der Waals surface area (Å²) in [6, 6.07) is 11.3. The summed E-state index contributed by atoms with van der Waals surface area (Å²) in [6.45, 7) is 1.32. The van der Waals surface area contributed by atoms with Crippen molar-refractivity contribution in [3.05, 3.63) is 63.6 Å². The molecule has 2 N–H and O–H groups in total. The molecule has 0 heterocycles. The van der Waals surface area contributed by atoms with Crippen LogP contribution in [0.1, 0.15) is 20.7 Å². The highest BCUT2D eigenvalue weighted by atomic mass is 35.5. The largest absolute Gasteiger partial charge is 0.351 e. The Hall–Kier alpha value is -2.08. The molecule has 0 fully saturated rings. The van der Waals surface area contributed by atoms with Crippen molar-refractivity contribution in [3.63, 3.8) is 0 Å². The predicted molar refractivity (Wildman–Crippen MR) is 102 cm³/mol. The maximum absolute atomic E-state index is 12.2. The summed E-state index contributed by atoms with van der Waals surface area (Å²) in [7, 11) is 3.88. The van der Waals surface area contributed by atoms with Crippen molar-refractivity contribution in [3.8, 4) is 0 Å². The molecule has 2 amide bonds. The first-order valence-electron chi connectivity index (χ1n) is 7.66. The van der Waals surface area contributed by atoms with E-state index in [0.717, 1.165) is 6.54 Å². The van der Waals surface area contributed by atoms with Crippen molar-refractivity contribution < 1.29 is 9.59 Å². The van der Waals surface area contributed by atoms with E-state index in [-0.39, 0.29) is 11.8 Å². The summed E-state index contributed by atoms with van der Waals surface area (Å²) >= 11 is 11.8. The van der Waals surface area contributed by atoms with E-state index in [1.165, 1.54) is 0 Å². The quantitative estimate of drug-likeness (QED) is 0.806. The fourth-order valence-electron chi connectivity index (χ4n) is 2.05. The zero-order valence-electron chi connectivity index (χ0n) is 14.0. The van der Waals surface area contributed by atoms with Gasteiger partial charge in [0.1, 0.15) is 0 Å². The van der Waals surface area contributed by atoms with E-state index < -0.39 is 0 Å². The number of hydrogen-bond donors (Lipinski definition) is 2. The van der Waals surface area contributed by atoms with Gasteiger partial charge in [0, 0.05) is 29.9 Å². The highest BCUT2D eigenvalue weighted by molar-refractivity contribution is 6.42. The zero-order valence-corrected chi connectivity index (χ0v) is 15.5. The van der Waals surface area contributed by atoms with Gasteiger partial charge in [0.2, 0.25) is 0 Å². The molecule has 132 valence electrons. The number of rotatable bonds is 6. The van der Waals surface area contributed by atoms with E-state index in [4.69, 9.17) is 23.2 Å². The summed E-state index contributed by atoms with van der Waals surface area (Å²) in [5.74, 6) is -0.462. The van der Waals surface area contributed by atoms with E-state index in [1.807, 2.05) is 19.0 Å². The third-order valence-electron chi connectivity index (χ3n) is 3.43. The summed E-state index contributed by atoms with van der Waals surface area (Å²) in [6.07, 6.45) is 0. The number of hydrogen-bond acceptors (Lipinski definition) is 3. The summed E-state index contributed by atoms with van der Waals surface area (Å²) < 4.78 is 0. The van der Waals surface area contributed by atoms with Crippen LogP contribution in [0.15, 0.2) is 42.5 Å². The number of amides is 2. The summed E-state index contributed by atoms with van der Waals surface area (Å²) in [5.41, 5.74) is 1.49. The monoisotopic (exact) mass is 379 g/mol. The average molecular weight is 380 g/mol. The number of nitrogens with one attached hydrogen (secondary N) is 2. The number of carbonyl (C=O) groups is 2. The lowest BCUT2D eigenvalue weighted by atomic mass is 10.1. The van der Waals surface area contributed by atoms with Crippen molar-refractivity contribution in [1.29, 1.82) is 0 Å². The van der Waals surface area contributed by atoms with Gasteiger partial charge >= 0.3 is 0 Å². The van der Waals surface area contributed by atoms with Crippen molar-refractivity contribution in [2.24, 2.45) is 0 Å². The molecule has 0 saturated heterocycles. The second kappa shape index (κ2) is 8.85. The van der Waals surface area contributed by atoms with Gasteiger partial charge in [-0.2, -0.15) is 0 Å². The molecule has 2 aromatic carbocycles. The molecule has 0 bridgehead atoms. The molecular formula is C18H19Cl2N3O2. The molecular weight excluding hydrogens is 361 g/mol. The second-order valence-electron chi connectivity index (χ2n) is 5.72. The molecule has 7 heteroatoms. The third-order valence-corrected chi connectivity index (χ3v) is 4.17. The van der Waals surface area contributed by atoms with Crippen molar-refractivity contribution in [2.75, 3.05) is 32.5 Å². The lowest BCUT2D eigenvalue weighted by Gasteiger charge is -2.11. The molecule has 0 aliphatic carbocycles. The highest BCUT2D eigenvalue weighted by Crippen LogP contribution is 2.25. The maximum atomic E-state index is 12.2. The predicted octanol–water partition coefficient (Wildman–Crippen LogP) is 3.54. The van der Waals surface area contributed by atoms with Crippen molar-refractivity contribution in [2.45, 2.75) is 0 Å². The fraction of sp³-hybridized carbons (Fsp3) is 0.222. The first-order chi connectivity index (χ1) is 11.9. The Kier molecular flexibility index (Phi) is 6.82. The van der Waals surface area contributed by atoms with E-state index in [2.05, 4.69) is 10.6 Å². The fourth-order valence-corrected chi connectivity index (χ4v) is 2.34. The molecule has 0 aromatic heterocycles. The van der Waals surface area contributed by atoms with Crippen LogP contribution in [0, 0.1) is 0 Å². The Morgan fingerprint density at radius 1 is 0.920 bits per heavy atom. The van der Waals surface area contributed by atoms with Crippen molar-refractivity contribution >= 4 is 40.7 Å². The van der Waals surface area contributed by atoms with Gasteiger partial charge in [-0.25, -0.2) is 0 Å². The van der Waals surface area contributed by atoms with Gasteiger partial charge < -0.3 is 15.5 Å². The SMILES string of the molecule is CN(C)CCNC(=O)c1ccc(C(=O)Nc2ccc(Cl)c(Cl)c2)cc1. The molecule has 0 radical (unpaired) electrons. The van der Waals surface area contributed by atoms with Gasteiger partial charge in [-0.3, -0.25) is 9.59 Å². The van der Waals surface area contributed by atoms with E-state index >= 15 is 0 Å². The van der Waals surface area contributed by atoms with Crippen LogP contribution >= 0.6 is 23.2 Å². The number of likely N-dealkylation sites (N-methyl/N-ethyl adjacent to an activating group) is 1. The van der Waals surface area contributed by atoms with Crippen LogP contribution in [0.2, 0.25) is 10.0 Å². The average Bonchev–Trinajstić information content (AvgIpc) is 2.58. The van der Waals surface area contributed by atoms with Gasteiger partial charge in [0.15, 0.2) is 0 Å². The number of nitrogens with zero attached hydrogens (tertiary/aromatic N) is 1. The normalized spacial score (nSPS) is 10.6. The van der Waals surface area contributed by atoms with Gasteiger partial charge in [-0.05, 0) is 56.6 Å². The molecule has 0 saturated carbocycles. The van der Waals surface area contributed by atoms with E-state index in [0.29, 0.717) is 33.4 Å². The Balaban J connectivity index is 1.97. The first-order valence-corrected chi connectivity index (χ1v) is 8.42. The molecule has 0 atom stereocenters. The van der Waals surface area contributed by atoms with Gasteiger partial charge in [-0.1, -0.05) is 23.2 Å². The molecule has 0 spiro atoms. The number of anilines is 1. The molecule has 0 aliphatic rings. The molecule has 5 nitrogen and oxygen atoms in total. The Morgan fingerprint density at radius 3 is 2.08 bits per heavy atom. The van der Waals surface area contributed by atoms with Gasteiger partial charge in [0.05, 0.1) is 10.0 Å². The summed E-state index contributed by atoms with van der Waals surface area (Å²) in [5, 5.41) is 6.34. The Morgan fingerprint density at radius 2 is 1.52 bits per heavy atom. The first kappa shape index (κ1) is 19.2. The van der Waals surface area contributed by atoms with Crippen LogP contribution in [-0.2, 0) is 0 Å². The van der Waals surface area contributed by atoms with Crippen molar-refractivity contribution in [1.82, 2.24) is 10.2 Å². The van der Waals surface area contributed by atoms with Crippen LogP contribution in [0.5, 0.6) is 0 Å². The minimum Gasteiger partial charge on any atom is -0.351 e. The van der Waals surface area contributed by atoms with Gasteiger partial charge in [-0.15, -0.1) is 0 Å². The molecule has 0 unspecified atom stereocenters. The van der Waals surface area contributed by atoms with Gasteiger partial charge in [0.25, 0.3) is 11.8 Å². The van der Waals surface area contributed by atoms with Crippen LogP contribution < -0.4 is 10.6 Å². The minimum atomic E-state index is -0.294. The minimum absolute atomic E-state index is 0.168. The highest BCUT2D eigenvalue weighted by Gasteiger charge is 2.10.